The van der Waals surface area contributed by atoms with E-state index in [-0.39, 0.29) is 11.4 Å². The zero-order valence-corrected chi connectivity index (χ0v) is 12.5. The number of rotatable bonds is 4. The number of thiazole rings is 1. The first kappa shape index (κ1) is 14.5. The van der Waals surface area contributed by atoms with Gasteiger partial charge in [0.25, 0.3) is 5.91 Å². The molecular weight excluding hydrogens is 284 g/mol. The summed E-state index contributed by atoms with van der Waals surface area (Å²) in [5.41, 5.74) is 0.211. The molecular formula is C12H18N2O3S2. The van der Waals surface area contributed by atoms with Crippen LogP contribution in [0.15, 0.2) is 5.38 Å². The van der Waals surface area contributed by atoms with Gasteiger partial charge in [-0.1, -0.05) is 19.3 Å². The molecule has 0 radical (unpaired) electrons. The summed E-state index contributed by atoms with van der Waals surface area (Å²) in [7, 11) is -3.52. The van der Waals surface area contributed by atoms with Crippen LogP contribution in [0.2, 0.25) is 0 Å². The lowest BCUT2D eigenvalue weighted by atomic mass is 9.90. The minimum atomic E-state index is -3.52. The first-order valence-corrected chi connectivity index (χ1v) is 9.05. The molecule has 7 heteroatoms. The highest BCUT2D eigenvalue weighted by Gasteiger charge is 2.21. The van der Waals surface area contributed by atoms with E-state index in [2.05, 4.69) is 4.98 Å². The van der Waals surface area contributed by atoms with Gasteiger partial charge in [0.15, 0.2) is 0 Å². The van der Waals surface area contributed by atoms with Gasteiger partial charge in [-0.2, -0.15) is 0 Å². The highest BCUT2D eigenvalue weighted by atomic mass is 32.2. The lowest BCUT2D eigenvalue weighted by Crippen LogP contribution is -2.32. The van der Waals surface area contributed by atoms with Gasteiger partial charge in [0.1, 0.15) is 5.69 Å². The van der Waals surface area contributed by atoms with Crippen molar-refractivity contribution in [3.05, 3.63) is 16.1 Å². The van der Waals surface area contributed by atoms with Crippen molar-refractivity contribution in [2.24, 2.45) is 0 Å². The van der Waals surface area contributed by atoms with E-state index in [0.717, 1.165) is 17.8 Å². The molecule has 0 bridgehead atoms. The number of amides is 1. The van der Waals surface area contributed by atoms with Gasteiger partial charge in [0.05, 0.1) is 10.8 Å². The van der Waals surface area contributed by atoms with E-state index in [0.29, 0.717) is 5.92 Å². The van der Waals surface area contributed by atoms with Crippen LogP contribution in [-0.2, 0) is 10.0 Å². The van der Waals surface area contributed by atoms with Crippen molar-refractivity contribution in [2.75, 3.05) is 5.75 Å². The van der Waals surface area contributed by atoms with Gasteiger partial charge < -0.3 is 0 Å². The monoisotopic (exact) mass is 302 g/mol. The summed E-state index contributed by atoms with van der Waals surface area (Å²) >= 11 is 1.45. The molecule has 2 rings (SSSR count). The third-order valence-corrected chi connectivity index (χ3v) is 5.60. The summed E-state index contributed by atoms with van der Waals surface area (Å²) in [5.74, 6) is -0.304. The second-order valence-electron chi connectivity index (χ2n) is 4.74. The number of carbonyl (C=O) groups is 1. The summed E-state index contributed by atoms with van der Waals surface area (Å²) in [6.45, 7) is 1.49. The molecule has 1 N–H and O–H groups in total. The van der Waals surface area contributed by atoms with Crippen molar-refractivity contribution in [1.82, 2.24) is 9.71 Å². The van der Waals surface area contributed by atoms with Gasteiger partial charge >= 0.3 is 0 Å². The van der Waals surface area contributed by atoms with Crippen molar-refractivity contribution in [1.29, 1.82) is 0 Å². The van der Waals surface area contributed by atoms with E-state index >= 15 is 0 Å². The van der Waals surface area contributed by atoms with E-state index in [1.54, 1.807) is 5.38 Å². The minimum Gasteiger partial charge on any atom is -0.266 e. The summed E-state index contributed by atoms with van der Waals surface area (Å²) in [6.07, 6.45) is 5.90. The summed E-state index contributed by atoms with van der Waals surface area (Å²) in [4.78, 5) is 16.1. The molecule has 0 saturated heterocycles. The predicted molar refractivity (Wildman–Crippen MR) is 74.9 cm³/mol. The molecule has 1 aliphatic rings. The maximum absolute atomic E-state index is 11.8. The fourth-order valence-corrected chi connectivity index (χ4v) is 3.70. The Morgan fingerprint density at radius 3 is 2.74 bits per heavy atom. The van der Waals surface area contributed by atoms with Crippen LogP contribution in [0.5, 0.6) is 0 Å². The minimum absolute atomic E-state index is 0.113. The Balaban J connectivity index is 2.06. The quantitative estimate of drug-likeness (QED) is 0.925. The van der Waals surface area contributed by atoms with E-state index in [1.807, 2.05) is 4.72 Å². The molecule has 0 spiro atoms. The molecule has 0 aromatic carbocycles. The van der Waals surface area contributed by atoms with Gasteiger partial charge in [-0.3, -0.25) is 4.79 Å². The van der Waals surface area contributed by atoms with Crippen LogP contribution in [0.1, 0.15) is 60.4 Å². The Kier molecular flexibility index (Phi) is 4.57. The number of aromatic nitrogens is 1. The van der Waals surface area contributed by atoms with E-state index in [9.17, 15) is 13.2 Å². The number of carbonyl (C=O) groups excluding carboxylic acids is 1. The number of hydrogen-bond donors (Lipinski definition) is 1. The lowest BCUT2D eigenvalue weighted by Gasteiger charge is -2.18. The standard InChI is InChI=1S/C12H18N2O3S2/c1-2-19(16,17)14-11(15)10-8-18-12(13-10)9-6-4-3-5-7-9/h8-9H,2-7H2,1H3,(H,14,15). The average molecular weight is 302 g/mol. The Bertz CT molecular complexity index is 545. The van der Waals surface area contributed by atoms with Gasteiger partial charge in [-0.15, -0.1) is 11.3 Å². The molecule has 1 aliphatic carbocycles. The smallest absolute Gasteiger partial charge is 0.266 e. The molecule has 5 nitrogen and oxygen atoms in total. The third kappa shape index (κ3) is 3.76. The second-order valence-corrected chi connectivity index (χ2v) is 7.64. The molecule has 19 heavy (non-hydrogen) atoms. The lowest BCUT2D eigenvalue weighted by molar-refractivity contribution is 0.0977. The van der Waals surface area contributed by atoms with Crippen molar-refractivity contribution in [3.63, 3.8) is 0 Å². The molecule has 1 saturated carbocycles. The van der Waals surface area contributed by atoms with Crippen molar-refractivity contribution < 1.29 is 13.2 Å². The number of nitrogens with one attached hydrogen (secondary N) is 1. The van der Waals surface area contributed by atoms with Gasteiger partial charge in [0, 0.05) is 11.3 Å². The molecule has 0 aliphatic heterocycles. The maximum atomic E-state index is 11.8. The molecule has 1 aromatic rings. The van der Waals surface area contributed by atoms with Crippen LogP contribution < -0.4 is 4.72 Å². The molecule has 106 valence electrons. The second kappa shape index (κ2) is 6.00. The predicted octanol–water partition coefficient (Wildman–Crippen LogP) is 2.27. The topological polar surface area (TPSA) is 76.1 Å². The van der Waals surface area contributed by atoms with E-state index < -0.39 is 15.9 Å². The fourth-order valence-electron chi connectivity index (χ4n) is 2.19. The fraction of sp³-hybridized carbons (Fsp3) is 0.667. The zero-order valence-electron chi connectivity index (χ0n) is 10.9. The van der Waals surface area contributed by atoms with E-state index in [1.165, 1.54) is 37.5 Å². The zero-order chi connectivity index (χ0) is 13.9. The number of hydrogen-bond acceptors (Lipinski definition) is 5. The van der Waals surface area contributed by atoms with Crippen molar-refractivity contribution in [2.45, 2.75) is 44.9 Å². The SMILES string of the molecule is CCS(=O)(=O)NC(=O)c1csc(C2CCCCC2)n1. The average Bonchev–Trinajstić information content (AvgIpc) is 2.89. The molecule has 0 atom stereocenters. The van der Waals surface area contributed by atoms with E-state index in [4.69, 9.17) is 0 Å². The molecule has 0 unspecified atom stereocenters. The van der Waals surface area contributed by atoms with Crippen molar-refractivity contribution >= 4 is 27.3 Å². The molecule has 1 aromatic heterocycles. The maximum Gasteiger partial charge on any atom is 0.284 e. The Morgan fingerprint density at radius 1 is 1.42 bits per heavy atom. The largest absolute Gasteiger partial charge is 0.284 e. The molecule has 1 heterocycles. The Hall–Kier alpha value is -0.950. The number of sulfonamides is 1. The molecule has 1 fully saturated rings. The third-order valence-electron chi connectivity index (χ3n) is 3.34. The summed E-state index contributed by atoms with van der Waals surface area (Å²) < 4.78 is 24.7. The first-order valence-electron chi connectivity index (χ1n) is 6.52. The van der Waals surface area contributed by atoms with Crippen LogP contribution in [-0.4, -0.2) is 25.1 Å². The first-order chi connectivity index (χ1) is 9.02. The Labute approximate surface area is 117 Å². The normalized spacial score (nSPS) is 17.3. The Morgan fingerprint density at radius 2 is 2.11 bits per heavy atom. The highest BCUT2D eigenvalue weighted by molar-refractivity contribution is 7.90. The molecule has 1 amide bonds. The van der Waals surface area contributed by atoms with Crippen LogP contribution in [0.25, 0.3) is 0 Å². The van der Waals surface area contributed by atoms with Crippen LogP contribution >= 0.6 is 11.3 Å². The number of nitrogens with zero attached hydrogens (tertiary/aromatic N) is 1. The summed E-state index contributed by atoms with van der Waals surface area (Å²) in [6, 6.07) is 0. The summed E-state index contributed by atoms with van der Waals surface area (Å²) in [5, 5.41) is 2.60. The van der Waals surface area contributed by atoms with Gasteiger partial charge in [0.2, 0.25) is 10.0 Å². The highest BCUT2D eigenvalue weighted by Crippen LogP contribution is 2.34. The van der Waals surface area contributed by atoms with Gasteiger partial charge in [-0.25, -0.2) is 18.1 Å². The van der Waals surface area contributed by atoms with Crippen LogP contribution in [0.3, 0.4) is 0 Å². The van der Waals surface area contributed by atoms with Crippen LogP contribution in [0, 0.1) is 0 Å². The van der Waals surface area contributed by atoms with Crippen molar-refractivity contribution in [3.8, 4) is 0 Å². The van der Waals surface area contributed by atoms with Gasteiger partial charge in [-0.05, 0) is 19.8 Å². The van der Waals surface area contributed by atoms with Crippen LogP contribution in [0.4, 0.5) is 0 Å².